The van der Waals surface area contributed by atoms with E-state index in [1.165, 1.54) is 0 Å². The summed E-state index contributed by atoms with van der Waals surface area (Å²) in [7, 11) is 0. The first kappa shape index (κ1) is 10.7. The van der Waals surface area contributed by atoms with Gasteiger partial charge in [-0.3, -0.25) is 4.79 Å². The van der Waals surface area contributed by atoms with E-state index < -0.39 is 12.0 Å². The van der Waals surface area contributed by atoms with Crippen molar-refractivity contribution in [3.05, 3.63) is 35.9 Å². The number of carbonyl (C=O) groups is 1. The molecular formula is C10H11NO2S. The van der Waals surface area contributed by atoms with Crippen LogP contribution in [0, 0.1) is 0 Å². The highest BCUT2D eigenvalue weighted by molar-refractivity contribution is 7.80. The van der Waals surface area contributed by atoms with E-state index in [-0.39, 0.29) is 0 Å². The van der Waals surface area contributed by atoms with E-state index in [9.17, 15) is 4.79 Å². The van der Waals surface area contributed by atoms with Crippen LogP contribution in [0.2, 0.25) is 0 Å². The number of nitrogens with one attached hydrogen (secondary N) is 1. The molecule has 3 nitrogen and oxygen atoms in total. The van der Waals surface area contributed by atoms with Crippen molar-refractivity contribution in [2.75, 3.05) is 0 Å². The molecule has 1 aromatic carbocycles. The Morgan fingerprint density at radius 1 is 1.43 bits per heavy atom. The zero-order valence-corrected chi connectivity index (χ0v) is 8.54. The van der Waals surface area contributed by atoms with E-state index in [2.05, 4.69) is 5.32 Å². The topological polar surface area (TPSA) is 49.3 Å². The fourth-order valence-corrected chi connectivity index (χ4v) is 1.24. The predicted molar refractivity (Wildman–Crippen MR) is 58.4 cm³/mol. The van der Waals surface area contributed by atoms with Gasteiger partial charge in [0.2, 0.25) is 0 Å². The fraction of sp³-hybridized carbons (Fsp3) is 0.200. The van der Waals surface area contributed by atoms with Gasteiger partial charge >= 0.3 is 5.97 Å². The number of carboxylic acids is 1. The van der Waals surface area contributed by atoms with Crippen molar-refractivity contribution in [2.45, 2.75) is 13.0 Å². The van der Waals surface area contributed by atoms with Crippen LogP contribution in [-0.2, 0) is 4.79 Å². The van der Waals surface area contributed by atoms with Gasteiger partial charge in [0.05, 0.1) is 0 Å². The van der Waals surface area contributed by atoms with Gasteiger partial charge < -0.3 is 10.4 Å². The van der Waals surface area contributed by atoms with E-state index >= 15 is 0 Å². The Balaban J connectivity index is 2.64. The molecule has 2 N–H and O–H groups in total. The van der Waals surface area contributed by atoms with Crippen molar-refractivity contribution in [2.24, 2.45) is 0 Å². The van der Waals surface area contributed by atoms with E-state index in [1.54, 1.807) is 6.92 Å². The zero-order valence-electron chi connectivity index (χ0n) is 7.73. The average Bonchev–Trinajstić information content (AvgIpc) is 2.19. The van der Waals surface area contributed by atoms with Gasteiger partial charge in [-0.15, -0.1) is 0 Å². The Labute approximate surface area is 87.8 Å². The highest BCUT2D eigenvalue weighted by Gasteiger charge is 2.11. The van der Waals surface area contributed by atoms with E-state index in [4.69, 9.17) is 17.3 Å². The van der Waals surface area contributed by atoms with Gasteiger partial charge in [0, 0.05) is 5.56 Å². The molecule has 0 amide bonds. The second-order valence-electron chi connectivity index (χ2n) is 2.90. The maximum Gasteiger partial charge on any atom is 0.325 e. The summed E-state index contributed by atoms with van der Waals surface area (Å²) >= 11 is 5.04. The second kappa shape index (κ2) is 4.72. The van der Waals surface area contributed by atoms with E-state index in [1.807, 2.05) is 30.3 Å². The third-order valence-electron chi connectivity index (χ3n) is 1.75. The van der Waals surface area contributed by atoms with Crippen LogP contribution in [0.1, 0.15) is 12.5 Å². The van der Waals surface area contributed by atoms with Crippen molar-refractivity contribution < 1.29 is 9.90 Å². The van der Waals surface area contributed by atoms with Crippen LogP contribution in [0.25, 0.3) is 0 Å². The largest absolute Gasteiger partial charge is 0.480 e. The first-order chi connectivity index (χ1) is 6.61. The molecule has 0 heterocycles. The lowest BCUT2D eigenvalue weighted by Gasteiger charge is -2.11. The summed E-state index contributed by atoms with van der Waals surface area (Å²) in [5, 5.41) is 11.4. The Hall–Kier alpha value is -1.42. The summed E-state index contributed by atoms with van der Waals surface area (Å²) in [6, 6.07) is 8.60. The standard InChI is InChI=1S/C10H11NO2S/c1-7(10(12)13)11-9(14)8-5-3-2-4-6-8/h2-7H,1H3,(H,11,14)(H,12,13)/t7-/m0/s1. The van der Waals surface area contributed by atoms with Gasteiger partial charge in [-0.25, -0.2) is 0 Å². The third-order valence-corrected chi connectivity index (χ3v) is 2.11. The monoisotopic (exact) mass is 209 g/mol. The quantitative estimate of drug-likeness (QED) is 0.739. The smallest absolute Gasteiger partial charge is 0.325 e. The normalized spacial score (nSPS) is 11.8. The molecular weight excluding hydrogens is 198 g/mol. The maximum atomic E-state index is 10.5. The molecule has 0 bridgehead atoms. The van der Waals surface area contributed by atoms with Gasteiger partial charge in [0.15, 0.2) is 0 Å². The number of thiocarbonyl (C=S) groups is 1. The summed E-state index contributed by atoms with van der Waals surface area (Å²) in [6.07, 6.45) is 0. The molecule has 0 fully saturated rings. The van der Waals surface area contributed by atoms with Crippen molar-refractivity contribution in [3.8, 4) is 0 Å². The minimum Gasteiger partial charge on any atom is -0.480 e. The van der Waals surface area contributed by atoms with Crippen molar-refractivity contribution >= 4 is 23.2 Å². The molecule has 0 aliphatic rings. The van der Waals surface area contributed by atoms with Crippen LogP contribution < -0.4 is 5.32 Å². The van der Waals surface area contributed by atoms with Gasteiger partial charge in [-0.05, 0) is 6.92 Å². The van der Waals surface area contributed by atoms with Crippen LogP contribution in [-0.4, -0.2) is 22.1 Å². The van der Waals surface area contributed by atoms with Crippen LogP contribution in [0.3, 0.4) is 0 Å². The summed E-state index contributed by atoms with van der Waals surface area (Å²) < 4.78 is 0. The average molecular weight is 209 g/mol. The van der Waals surface area contributed by atoms with E-state index in [0.29, 0.717) is 4.99 Å². The SMILES string of the molecule is C[C@H](NC(=S)c1ccccc1)C(=O)O. The number of carboxylic acid groups (broad SMARTS) is 1. The molecule has 14 heavy (non-hydrogen) atoms. The molecule has 0 saturated heterocycles. The van der Waals surface area contributed by atoms with Crippen LogP contribution in [0.15, 0.2) is 30.3 Å². The number of hydrogen-bond acceptors (Lipinski definition) is 2. The summed E-state index contributed by atoms with van der Waals surface area (Å²) in [4.78, 5) is 11.0. The lowest BCUT2D eigenvalue weighted by Crippen LogP contribution is -2.37. The minimum atomic E-state index is -0.914. The van der Waals surface area contributed by atoms with Gasteiger partial charge in [0.25, 0.3) is 0 Å². The van der Waals surface area contributed by atoms with Crippen molar-refractivity contribution in [1.29, 1.82) is 0 Å². The zero-order chi connectivity index (χ0) is 10.6. The molecule has 0 aromatic heterocycles. The molecule has 1 atom stereocenters. The number of rotatable bonds is 3. The van der Waals surface area contributed by atoms with Gasteiger partial charge in [-0.2, -0.15) is 0 Å². The van der Waals surface area contributed by atoms with Gasteiger partial charge in [0.1, 0.15) is 11.0 Å². The van der Waals surface area contributed by atoms with Gasteiger partial charge in [-0.1, -0.05) is 42.5 Å². The summed E-state index contributed by atoms with van der Waals surface area (Å²) in [5.41, 5.74) is 0.829. The molecule has 0 unspecified atom stereocenters. The molecule has 74 valence electrons. The Morgan fingerprint density at radius 3 is 2.50 bits per heavy atom. The highest BCUT2D eigenvalue weighted by Crippen LogP contribution is 2.00. The lowest BCUT2D eigenvalue weighted by atomic mass is 10.2. The van der Waals surface area contributed by atoms with Crippen molar-refractivity contribution in [1.82, 2.24) is 5.32 Å². The number of hydrogen-bond donors (Lipinski definition) is 2. The van der Waals surface area contributed by atoms with Crippen LogP contribution in [0.4, 0.5) is 0 Å². The fourth-order valence-electron chi connectivity index (χ4n) is 0.931. The molecule has 0 aliphatic carbocycles. The summed E-state index contributed by atoms with van der Waals surface area (Å²) in [6.45, 7) is 1.55. The number of aliphatic carboxylic acids is 1. The molecule has 1 rings (SSSR count). The predicted octanol–water partition coefficient (Wildman–Crippen LogP) is 1.42. The molecule has 0 spiro atoms. The second-order valence-corrected chi connectivity index (χ2v) is 3.31. The molecule has 0 radical (unpaired) electrons. The lowest BCUT2D eigenvalue weighted by molar-refractivity contribution is -0.138. The van der Waals surface area contributed by atoms with E-state index in [0.717, 1.165) is 5.56 Å². The third kappa shape index (κ3) is 2.81. The molecule has 1 aromatic rings. The molecule has 0 saturated carbocycles. The molecule has 0 aliphatic heterocycles. The Morgan fingerprint density at radius 2 is 2.00 bits per heavy atom. The Bertz CT molecular complexity index is 337. The van der Waals surface area contributed by atoms with Crippen LogP contribution in [0.5, 0.6) is 0 Å². The minimum absolute atomic E-state index is 0.459. The molecule has 4 heteroatoms. The maximum absolute atomic E-state index is 10.5. The number of benzene rings is 1. The first-order valence-corrected chi connectivity index (χ1v) is 4.61. The summed E-state index contributed by atoms with van der Waals surface area (Å²) in [5.74, 6) is -0.914. The van der Waals surface area contributed by atoms with Crippen LogP contribution >= 0.6 is 12.2 Å². The first-order valence-electron chi connectivity index (χ1n) is 4.20. The Kier molecular flexibility index (Phi) is 3.59. The highest BCUT2D eigenvalue weighted by atomic mass is 32.1. The van der Waals surface area contributed by atoms with Crippen molar-refractivity contribution in [3.63, 3.8) is 0 Å².